The number of hydrogen-bond donors (Lipinski definition) is 1. The number of sulfonamides is 1. The highest BCUT2D eigenvalue weighted by Gasteiger charge is 2.30. The maximum atomic E-state index is 12.5. The highest BCUT2D eigenvalue weighted by Crippen LogP contribution is 2.25. The van der Waals surface area contributed by atoms with Crippen LogP contribution in [0.5, 0.6) is 0 Å². The van der Waals surface area contributed by atoms with E-state index in [0.29, 0.717) is 25.9 Å². The van der Waals surface area contributed by atoms with E-state index < -0.39 is 10.0 Å². The molecule has 1 aromatic carbocycles. The molecule has 1 aromatic rings. The summed E-state index contributed by atoms with van der Waals surface area (Å²) in [5, 5.41) is 2.95. The fraction of sp³-hybridized carbons (Fsp3) is 0.632. The third kappa shape index (κ3) is 5.53. The van der Waals surface area contributed by atoms with Crippen molar-refractivity contribution in [1.82, 2.24) is 4.31 Å². The Hall–Kier alpha value is -1.44. The second kappa shape index (κ2) is 8.50. The third-order valence-corrected chi connectivity index (χ3v) is 6.62. The van der Waals surface area contributed by atoms with E-state index in [2.05, 4.69) is 26.1 Å². The summed E-state index contributed by atoms with van der Waals surface area (Å²) in [4.78, 5) is 12.5. The monoisotopic (exact) mass is 382 g/mol. The molecule has 0 spiro atoms. The van der Waals surface area contributed by atoms with Crippen molar-refractivity contribution < 1.29 is 17.9 Å². The first-order valence-electron chi connectivity index (χ1n) is 9.01. The summed E-state index contributed by atoms with van der Waals surface area (Å²) in [6.45, 7) is 7.40. The number of carbonyl (C=O) groups excluding carboxylic acids is 1. The molecule has 0 radical (unpaired) electrons. The summed E-state index contributed by atoms with van der Waals surface area (Å²) in [5.41, 5.74) is 2.06. The lowest BCUT2D eigenvalue weighted by molar-refractivity contribution is -0.120. The van der Waals surface area contributed by atoms with Gasteiger partial charge >= 0.3 is 0 Å². The number of anilines is 1. The molecule has 0 unspecified atom stereocenters. The smallest absolute Gasteiger partial charge is 0.227 e. The van der Waals surface area contributed by atoms with Gasteiger partial charge in [0.2, 0.25) is 15.9 Å². The predicted octanol–water partition coefficient (Wildman–Crippen LogP) is 2.61. The standard InChI is InChI=1S/C19H30N2O4S/c1-19(2,3)16-5-7-17(8-6-16)20-18(22)15-9-11-21(12-10-15)26(23,24)14-13-25-4/h5-8,15H,9-14H2,1-4H3,(H,20,22). The summed E-state index contributed by atoms with van der Waals surface area (Å²) < 4.78 is 30.7. The average molecular weight is 383 g/mol. The van der Waals surface area contributed by atoms with Gasteiger partial charge < -0.3 is 10.1 Å². The van der Waals surface area contributed by atoms with Crippen LogP contribution in [0.25, 0.3) is 0 Å². The van der Waals surface area contributed by atoms with Gasteiger partial charge in [-0.1, -0.05) is 32.9 Å². The predicted molar refractivity (Wildman–Crippen MR) is 104 cm³/mol. The zero-order valence-electron chi connectivity index (χ0n) is 16.1. The van der Waals surface area contributed by atoms with E-state index in [1.165, 1.54) is 17.0 Å². The lowest BCUT2D eigenvalue weighted by atomic mass is 9.87. The van der Waals surface area contributed by atoms with Crippen LogP contribution in [-0.4, -0.2) is 51.2 Å². The third-order valence-electron chi connectivity index (χ3n) is 4.78. The molecule has 6 nitrogen and oxygen atoms in total. The summed E-state index contributed by atoms with van der Waals surface area (Å²) in [5.74, 6) is -0.214. The lowest BCUT2D eigenvalue weighted by Crippen LogP contribution is -2.42. The van der Waals surface area contributed by atoms with Gasteiger partial charge in [-0.15, -0.1) is 0 Å². The molecule has 1 N–H and O–H groups in total. The molecule has 1 aliphatic rings. The average Bonchev–Trinajstić information content (AvgIpc) is 2.60. The molecule has 7 heteroatoms. The summed E-state index contributed by atoms with van der Waals surface area (Å²) in [6.07, 6.45) is 1.08. The van der Waals surface area contributed by atoms with Crippen molar-refractivity contribution in [2.24, 2.45) is 5.92 Å². The zero-order chi connectivity index (χ0) is 19.4. The highest BCUT2D eigenvalue weighted by atomic mass is 32.2. The van der Waals surface area contributed by atoms with Crippen molar-refractivity contribution in [2.45, 2.75) is 39.0 Å². The fourth-order valence-electron chi connectivity index (χ4n) is 3.01. The van der Waals surface area contributed by atoms with Gasteiger partial charge in [-0.25, -0.2) is 12.7 Å². The Balaban J connectivity index is 1.88. The molecule has 0 aliphatic carbocycles. The van der Waals surface area contributed by atoms with Crippen molar-refractivity contribution >= 4 is 21.6 Å². The van der Waals surface area contributed by atoms with Crippen LogP contribution in [0.4, 0.5) is 5.69 Å². The Morgan fingerprint density at radius 2 is 1.77 bits per heavy atom. The van der Waals surface area contributed by atoms with Crippen LogP contribution in [0.2, 0.25) is 0 Å². The summed E-state index contributed by atoms with van der Waals surface area (Å²) in [7, 11) is -1.81. The van der Waals surface area contributed by atoms with E-state index in [1.54, 1.807) is 0 Å². The number of hydrogen-bond acceptors (Lipinski definition) is 4. The Kier molecular flexibility index (Phi) is 6.82. The Morgan fingerprint density at radius 3 is 2.27 bits per heavy atom. The summed E-state index contributed by atoms with van der Waals surface area (Å²) in [6, 6.07) is 7.90. The molecule has 26 heavy (non-hydrogen) atoms. The largest absolute Gasteiger partial charge is 0.384 e. The SMILES string of the molecule is COCCS(=O)(=O)N1CCC(C(=O)Nc2ccc(C(C)(C)C)cc2)CC1. The number of carbonyl (C=O) groups is 1. The molecule has 2 rings (SSSR count). The topological polar surface area (TPSA) is 75.7 Å². The second-order valence-corrected chi connectivity index (χ2v) is 9.89. The zero-order valence-corrected chi connectivity index (χ0v) is 16.9. The van der Waals surface area contributed by atoms with Gasteiger partial charge in [-0.3, -0.25) is 4.79 Å². The van der Waals surface area contributed by atoms with Crippen molar-refractivity contribution in [3.8, 4) is 0 Å². The van der Waals surface area contributed by atoms with Crippen LogP contribution in [0.1, 0.15) is 39.2 Å². The van der Waals surface area contributed by atoms with Crippen LogP contribution >= 0.6 is 0 Å². The van der Waals surface area contributed by atoms with E-state index in [0.717, 1.165) is 5.69 Å². The molecule has 0 atom stereocenters. The molecular formula is C19H30N2O4S. The number of methoxy groups -OCH3 is 1. The molecule has 1 aliphatic heterocycles. The normalized spacial score (nSPS) is 17.2. The molecule has 0 aromatic heterocycles. The second-order valence-electron chi connectivity index (χ2n) is 7.80. The van der Waals surface area contributed by atoms with Crippen LogP contribution in [0.15, 0.2) is 24.3 Å². The van der Waals surface area contributed by atoms with Crippen LogP contribution < -0.4 is 5.32 Å². The molecule has 1 amide bonds. The molecule has 1 saturated heterocycles. The van der Waals surface area contributed by atoms with Gasteiger partial charge in [0.25, 0.3) is 0 Å². The molecule has 0 bridgehead atoms. The molecule has 1 fully saturated rings. The summed E-state index contributed by atoms with van der Waals surface area (Å²) >= 11 is 0. The minimum absolute atomic E-state index is 0.0134. The number of amides is 1. The molecule has 1 heterocycles. The number of nitrogens with zero attached hydrogens (tertiary/aromatic N) is 1. The quantitative estimate of drug-likeness (QED) is 0.821. The first kappa shape index (κ1) is 20.9. The number of nitrogens with one attached hydrogen (secondary N) is 1. The lowest BCUT2D eigenvalue weighted by Gasteiger charge is -2.30. The maximum absolute atomic E-state index is 12.5. The Labute approximate surface area is 157 Å². The first-order valence-corrected chi connectivity index (χ1v) is 10.6. The van der Waals surface area contributed by atoms with Gasteiger partial charge in [0.05, 0.1) is 12.4 Å². The van der Waals surface area contributed by atoms with Gasteiger partial charge in [0.1, 0.15) is 0 Å². The van der Waals surface area contributed by atoms with Gasteiger partial charge in [0, 0.05) is 31.8 Å². The number of rotatable bonds is 6. The van der Waals surface area contributed by atoms with Crippen LogP contribution in [0.3, 0.4) is 0 Å². The van der Waals surface area contributed by atoms with E-state index in [-0.39, 0.29) is 29.6 Å². The molecular weight excluding hydrogens is 352 g/mol. The molecule has 0 saturated carbocycles. The van der Waals surface area contributed by atoms with E-state index in [9.17, 15) is 13.2 Å². The number of piperidine rings is 1. The van der Waals surface area contributed by atoms with Crippen molar-refractivity contribution in [2.75, 3.05) is 37.9 Å². The molecule has 146 valence electrons. The first-order chi connectivity index (χ1) is 12.1. The highest BCUT2D eigenvalue weighted by molar-refractivity contribution is 7.89. The van der Waals surface area contributed by atoms with E-state index in [4.69, 9.17) is 4.74 Å². The Bertz CT molecular complexity index is 700. The van der Waals surface area contributed by atoms with Crippen LogP contribution in [-0.2, 0) is 25.0 Å². The van der Waals surface area contributed by atoms with E-state index >= 15 is 0 Å². The van der Waals surface area contributed by atoms with Crippen molar-refractivity contribution in [3.05, 3.63) is 29.8 Å². The fourth-order valence-corrected chi connectivity index (χ4v) is 4.41. The Morgan fingerprint density at radius 1 is 1.19 bits per heavy atom. The van der Waals surface area contributed by atoms with Crippen molar-refractivity contribution in [3.63, 3.8) is 0 Å². The maximum Gasteiger partial charge on any atom is 0.227 e. The minimum Gasteiger partial charge on any atom is -0.384 e. The van der Waals surface area contributed by atoms with Gasteiger partial charge in [-0.2, -0.15) is 0 Å². The van der Waals surface area contributed by atoms with E-state index in [1.807, 2.05) is 24.3 Å². The van der Waals surface area contributed by atoms with Gasteiger partial charge in [0.15, 0.2) is 0 Å². The van der Waals surface area contributed by atoms with Crippen molar-refractivity contribution in [1.29, 1.82) is 0 Å². The number of benzene rings is 1. The minimum atomic E-state index is -3.30. The number of ether oxygens (including phenoxy) is 1. The van der Waals surface area contributed by atoms with Crippen LogP contribution in [0, 0.1) is 5.92 Å². The van der Waals surface area contributed by atoms with Gasteiger partial charge in [-0.05, 0) is 36.0 Å².